The molecule has 3 aromatic rings. The maximum absolute atomic E-state index is 14.0. The van der Waals surface area contributed by atoms with Crippen LogP contribution in [0.15, 0.2) is 59.8 Å². The monoisotopic (exact) mass is 468 g/mol. The van der Waals surface area contributed by atoms with Gasteiger partial charge < -0.3 is 9.64 Å². The fourth-order valence-corrected chi connectivity index (χ4v) is 5.12. The topological polar surface area (TPSA) is 60.3 Å². The Morgan fingerprint density at radius 3 is 2.55 bits per heavy atom. The van der Waals surface area contributed by atoms with Crippen molar-refractivity contribution in [2.45, 2.75) is 56.8 Å². The minimum Gasteiger partial charge on any atom is -0.483 e. The van der Waals surface area contributed by atoms with Gasteiger partial charge in [-0.1, -0.05) is 61.4 Å². The smallest absolute Gasteiger partial charge is 0.233 e. The molecule has 0 saturated heterocycles. The Morgan fingerprint density at radius 2 is 1.82 bits per heavy atom. The van der Waals surface area contributed by atoms with Gasteiger partial charge in [-0.2, -0.15) is 0 Å². The number of aromatic nitrogens is 3. The number of hydrogen-bond acceptors (Lipinski definition) is 5. The lowest BCUT2D eigenvalue weighted by atomic mass is 9.94. The first-order valence-corrected chi connectivity index (χ1v) is 12.4. The number of rotatable bonds is 9. The summed E-state index contributed by atoms with van der Waals surface area (Å²) >= 11 is 1.37. The summed E-state index contributed by atoms with van der Waals surface area (Å²) in [5.74, 6) is 0.699. The summed E-state index contributed by atoms with van der Waals surface area (Å²) in [6.45, 7) is 2.82. The van der Waals surface area contributed by atoms with Gasteiger partial charge in [0.25, 0.3) is 0 Å². The molecule has 8 heteroatoms. The van der Waals surface area contributed by atoms with Crippen molar-refractivity contribution in [2.24, 2.45) is 0 Å². The van der Waals surface area contributed by atoms with Crippen LogP contribution in [0.5, 0.6) is 5.75 Å². The Balaban J connectivity index is 1.50. The highest BCUT2D eigenvalue weighted by molar-refractivity contribution is 7.99. The van der Waals surface area contributed by atoms with E-state index in [0.717, 1.165) is 25.1 Å². The molecule has 0 radical (unpaired) electrons. The van der Waals surface area contributed by atoms with E-state index in [-0.39, 0.29) is 18.3 Å². The normalized spacial score (nSPS) is 14.2. The minimum atomic E-state index is -0.425. The zero-order chi connectivity index (χ0) is 23.0. The number of benzene rings is 2. The number of para-hydroxylation sites is 2. The van der Waals surface area contributed by atoms with Crippen LogP contribution in [0.3, 0.4) is 0 Å². The number of carbonyl (C=O) groups is 1. The number of halogens is 1. The third-order valence-corrected chi connectivity index (χ3v) is 6.82. The van der Waals surface area contributed by atoms with Gasteiger partial charge in [0.1, 0.15) is 6.61 Å². The molecule has 1 aliphatic carbocycles. The summed E-state index contributed by atoms with van der Waals surface area (Å²) in [5, 5.41) is 9.23. The average molecular weight is 469 g/mol. The van der Waals surface area contributed by atoms with Gasteiger partial charge in [-0.3, -0.25) is 9.36 Å². The third kappa shape index (κ3) is 5.74. The molecule has 0 spiro atoms. The average Bonchev–Trinajstić information content (AvgIpc) is 3.26. The van der Waals surface area contributed by atoms with Gasteiger partial charge in [-0.25, -0.2) is 4.39 Å². The van der Waals surface area contributed by atoms with Crippen LogP contribution in [-0.2, 0) is 11.4 Å². The Labute approximate surface area is 198 Å². The number of amides is 1. The van der Waals surface area contributed by atoms with E-state index in [9.17, 15) is 9.18 Å². The first-order valence-electron chi connectivity index (χ1n) is 11.5. The molecular formula is C25H29FN4O2S. The zero-order valence-corrected chi connectivity index (χ0v) is 19.6. The van der Waals surface area contributed by atoms with Crippen LogP contribution in [0.1, 0.15) is 44.9 Å². The highest BCUT2D eigenvalue weighted by atomic mass is 32.2. The van der Waals surface area contributed by atoms with Crippen molar-refractivity contribution in [2.75, 3.05) is 12.3 Å². The Hall–Kier alpha value is -2.87. The minimum absolute atomic E-state index is 0.0560. The molecule has 0 atom stereocenters. The molecule has 0 N–H and O–H groups in total. The van der Waals surface area contributed by atoms with Gasteiger partial charge in [-0.05, 0) is 44.0 Å². The summed E-state index contributed by atoms with van der Waals surface area (Å²) in [7, 11) is 0. The molecule has 33 heavy (non-hydrogen) atoms. The first-order chi connectivity index (χ1) is 16.2. The fraction of sp³-hybridized carbons (Fsp3) is 0.400. The molecule has 0 aliphatic heterocycles. The van der Waals surface area contributed by atoms with E-state index in [1.54, 1.807) is 18.2 Å². The predicted molar refractivity (Wildman–Crippen MR) is 127 cm³/mol. The lowest BCUT2D eigenvalue weighted by molar-refractivity contribution is -0.131. The van der Waals surface area contributed by atoms with E-state index in [4.69, 9.17) is 4.74 Å². The molecule has 1 aliphatic rings. The van der Waals surface area contributed by atoms with E-state index >= 15 is 0 Å². The highest BCUT2D eigenvalue weighted by Crippen LogP contribution is 2.26. The number of hydrogen-bond donors (Lipinski definition) is 0. The second-order valence-electron chi connectivity index (χ2n) is 8.05. The fourth-order valence-electron chi connectivity index (χ4n) is 4.27. The number of nitrogens with zero attached hydrogens (tertiary/aromatic N) is 4. The molecule has 1 heterocycles. The van der Waals surface area contributed by atoms with E-state index in [1.807, 2.05) is 46.7 Å². The van der Waals surface area contributed by atoms with Gasteiger partial charge >= 0.3 is 0 Å². The highest BCUT2D eigenvalue weighted by Gasteiger charge is 2.25. The molecule has 1 amide bonds. The number of ether oxygens (including phenoxy) is 1. The van der Waals surface area contributed by atoms with Crippen molar-refractivity contribution in [3.8, 4) is 11.4 Å². The molecular weight excluding hydrogens is 439 g/mol. The molecule has 1 fully saturated rings. The molecule has 4 rings (SSSR count). The quantitative estimate of drug-likeness (QED) is 0.401. The molecule has 0 unspecified atom stereocenters. The Bertz CT molecular complexity index is 1050. The number of thioether (sulfide) groups is 1. The lowest BCUT2D eigenvalue weighted by Gasteiger charge is -2.33. The van der Waals surface area contributed by atoms with Crippen molar-refractivity contribution >= 4 is 17.7 Å². The second-order valence-corrected chi connectivity index (χ2v) is 8.99. The first kappa shape index (κ1) is 23.3. The maximum atomic E-state index is 14.0. The molecule has 1 saturated carbocycles. The van der Waals surface area contributed by atoms with Crippen molar-refractivity contribution < 1.29 is 13.9 Å². The summed E-state index contributed by atoms with van der Waals surface area (Å²) in [4.78, 5) is 15.0. The lowest BCUT2D eigenvalue weighted by Crippen LogP contribution is -2.42. The van der Waals surface area contributed by atoms with Crippen LogP contribution in [0.4, 0.5) is 4.39 Å². The predicted octanol–water partition coefficient (Wildman–Crippen LogP) is 5.26. The van der Waals surface area contributed by atoms with Gasteiger partial charge in [0.2, 0.25) is 5.91 Å². The van der Waals surface area contributed by atoms with Crippen LogP contribution in [0.25, 0.3) is 5.69 Å². The molecule has 2 aromatic carbocycles. The SMILES string of the molecule is CCN(C(=O)CSc1nnc(COc2ccccc2F)n1-c1ccccc1)C1CCCCC1. The van der Waals surface area contributed by atoms with Gasteiger partial charge in [0.05, 0.1) is 5.75 Å². The van der Waals surface area contributed by atoms with Crippen molar-refractivity contribution in [1.29, 1.82) is 0 Å². The van der Waals surface area contributed by atoms with E-state index in [2.05, 4.69) is 10.2 Å². The zero-order valence-electron chi connectivity index (χ0n) is 18.8. The maximum Gasteiger partial charge on any atom is 0.233 e. The van der Waals surface area contributed by atoms with Gasteiger partial charge in [-0.15, -0.1) is 10.2 Å². The van der Waals surface area contributed by atoms with Crippen molar-refractivity contribution in [3.05, 3.63) is 66.2 Å². The second kappa shape index (κ2) is 11.3. The molecule has 1 aromatic heterocycles. The van der Waals surface area contributed by atoms with E-state index < -0.39 is 5.82 Å². The molecule has 6 nitrogen and oxygen atoms in total. The van der Waals surface area contributed by atoms with Crippen LogP contribution in [-0.4, -0.2) is 43.9 Å². The van der Waals surface area contributed by atoms with Crippen LogP contribution < -0.4 is 4.74 Å². The summed E-state index contributed by atoms with van der Waals surface area (Å²) in [6.07, 6.45) is 5.81. The summed E-state index contributed by atoms with van der Waals surface area (Å²) < 4.78 is 21.5. The van der Waals surface area contributed by atoms with E-state index in [1.165, 1.54) is 37.1 Å². The van der Waals surface area contributed by atoms with Crippen LogP contribution >= 0.6 is 11.8 Å². The van der Waals surface area contributed by atoms with Gasteiger partial charge in [0.15, 0.2) is 22.5 Å². The third-order valence-electron chi connectivity index (χ3n) is 5.91. The molecule has 174 valence electrons. The van der Waals surface area contributed by atoms with E-state index in [0.29, 0.717) is 22.8 Å². The summed E-state index contributed by atoms with van der Waals surface area (Å²) in [5.41, 5.74) is 0.865. The van der Waals surface area contributed by atoms with Gasteiger partial charge in [0, 0.05) is 18.3 Å². The molecule has 0 bridgehead atoms. The van der Waals surface area contributed by atoms with Crippen LogP contribution in [0, 0.1) is 5.82 Å². The Morgan fingerprint density at radius 1 is 1.09 bits per heavy atom. The Kier molecular flexibility index (Phi) is 7.99. The standard InChI is InChI=1S/C25H29FN4O2S/c1-2-29(19-11-5-3-6-12-19)24(31)18-33-25-28-27-23(30(25)20-13-7-4-8-14-20)17-32-22-16-10-9-15-21(22)26/h4,7-10,13-16,19H,2-3,5-6,11-12,17-18H2,1H3. The van der Waals surface area contributed by atoms with Crippen molar-refractivity contribution in [1.82, 2.24) is 19.7 Å². The van der Waals surface area contributed by atoms with Crippen molar-refractivity contribution in [3.63, 3.8) is 0 Å². The number of carbonyl (C=O) groups excluding carboxylic acids is 1. The van der Waals surface area contributed by atoms with Crippen LogP contribution in [0.2, 0.25) is 0 Å². The summed E-state index contributed by atoms with van der Waals surface area (Å²) in [6, 6.07) is 16.3. The largest absolute Gasteiger partial charge is 0.483 e.